The van der Waals surface area contributed by atoms with Gasteiger partial charge in [0, 0.05) is 19.6 Å². The largest absolute Gasteiger partial charge is 0.480 e. The Morgan fingerprint density at radius 3 is 2.40 bits per heavy atom. The number of aliphatic hydroxyl groups is 1. The van der Waals surface area contributed by atoms with Crippen LogP contribution in [0.25, 0.3) is 0 Å². The summed E-state index contributed by atoms with van der Waals surface area (Å²) in [6.45, 7) is 7.12. The molecule has 2 fully saturated rings. The first-order valence-electron chi connectivity index (χ1n) is 8.30. The topological polar surface area (TPSA) is 119 Å². The molecule has 3 N–H and O–H groups in total. The Bertz CT molecular complexity index is 573. The molecular formula is C16H27N3O6. The fraction of sp³-hybridized carbons (Fsp3) is 0.812. The van der Waals surface area contributed by atoms with E-state index in [1.807, 2.05) is 0 Å². The minimum Gasteiger partial charge on any atom is -0.480 e. The maximum Gasteiger partial charge on any atom is 0.411 e. The van der Waals surface area contributed by atoms with Crippen LogP contribution in [-0.2, 0) is 14.3 Å². The second kappa shape index (κ2) is 6.45. The zero-order valence-electron chi connectivity index (χ0n) is 15.3. The molecule has 0 radical (unpaired) electrons. The van der Waals surface area contributed by atoms with Crippen LogP contribution in [-0.4, -0.2) is 87.4 Å². The summed E-state index contributed by atoms with van der Waals surface area (Å²) in [5.41, 5.74) is -1.71. The summed E-state index contributed by atoms with van der Waals surface area (Å²) in [5, 5.41) is 21.7. The third-order valence-electron chi connectivity index (χ3n) is 4.52. The number of aliphatic hydroxyl groups excluding tert-OH is 1. The molecule has 1 spiro atoms. The van der Waals surface area contributed by atoms with Gasteiger partial charge in [-0.3, -0.25) is 19.8 Å². The van der Waals surface area contributed by atoms with Crippen molar-refractivity contribution in [3.8, 4) is 0 Å². The van der Waals surface area contributed by atoms with Crippen LogP contribution in [0.5, 0.6) is 0 Å². The number of likely N-dealkylation sites (tertiary alicyclic amines) is 2. The summed E-state index contributed by atoms with van der Waals surface area (Å²) in [6, 6.07) is -1.60. The Labute approximate surface area is 146 Å². The quantitative estimate of drug-likeness (QED) is 0.587. The van der Waals surface area contributed by atoms with Crippen molar-refractivity contribution in [2.24, 2.45) is 0 Å². The molecule has 9 heteroatoms. The third-order valence-corrected chi connectivity index (χ3v) is 4.52. The number of hydrogen-bond acceptors (Lipinski definition) is 6. The molecule has 0 aromatic rings. The minimum absolute atomic E-state index is 0.144. The number of hydrogen-bond donors (Lipinski definition) is 3. The molecule has 25 heavy (non-hydrogen) atoms. The Morgan fingerprint density at radius 1 is 1.40 bits per heavy atom. The zero-order chi connectivity index (χ0) is 19.2. The molecule has 0 saturated carbocycles. The highest BCUT2D eigenvalue weighted by Gasteiger charge is 2.62. The lowest BCUT2D eigenvalue weighted by molar-refractivity contribution is -0.157. The molecule has 2 aliphatic heterocycles. The lowest BCUT2D eigenvalue weighted by Gasteiger charge is -2.49. The van der Waals surface area contributed by atoms with E-state index in [4.69, 9.17) is 4.74 Å². The second-order valence-electron chi connectivity index (χ2n) is 7.91. The Hall–Kier alpha value is -1.87. The smallest absolute Gasteiger partial charge is 0.411 e. The SMILES string of the molecule is C[C@@H](O)[C@H](NC1CN(C(=O)OC(C)(C)C)C2(C1)CN(C)C2=O)C(=O)O. The number of carbonyl (C=O) groups is 3. The first-order chi connectivity index (χ1) is 11.4. The van der Waals surface area contributed by atoms with Crippen molar-refractivity contribution in [2.45, 2.75) is 63.4 Å². The van der Waals surface area contributed by atoms with Gasteiger partial charge in [-0.15, -0.1) is 0 Å². The molecule has 0 aromatic carbocycles. The van der Waals surface area contributed by atoms with E-state index in [9.17, 15) is 24.6 Å². The Kier molecular flexibility index (Phi) is 5.02. The van der Waals surface area contributed by atoms with E-state index in [1.165, 1.54) is 16.7 Å². The number of carboxylic acid groups (broad SMARTS) is 1. The van der Waals surface area contributed by atoms with Crippen molar-refractivity contribution in [1.82, 2.24) is 15.1 Å². The average Bonchev–Trinajstić information content (AvgIpc) is 2.83. The minimum atomic E-state index is -1.18. The number of aliphatic carboxylic acids is 1. The first kappa shape index (κ1) is 19.5. The van der Waals surface area contributed by atoms with Crippen LogP contribution < -0.4 is 5.32 Å². The monoisotopic (exact) mass is 357 g/mol. The molecule has 0 aromatic heterocycles. The number of nitrogens with one attached hydrogen (secondary N) is 1. The number of nitrogens with zero attached hydrogens (tertiary/aromatic N) is 2. The third kappa shape index (κ3) is 3.72. The van der Waals surface area contributed by atoms with Gasteiger partial charge in [0.15, 0.2) is 0 Å². The van der Waals surface area contributed by atoms with Gasteiger partial charge in [0.2, 0.25) is 5.91 Å². The van der Waals surface area contributed by atoms with E-state index in [2.05, 4.69) is 5.32 Å². The van der Waals surface area contributed by atoms with Gasteiger partial charge in [-0.1, -0.05) is 0 Å². The van der Waals surface area contributed by atoms with Gasteiger partial charge in [-0.05, 0) is 34.1 Å². The molecule has 142 valence electrons. The van der Waals surface area contributed by atoms with Crippen LogP contribution in [0.2, 0.25) is 0 Å². The molecule has 4 atom stereocenters. The Balaban J connectivity index is 2.19. The number of likely N-dealkylation sites (N-methyl/N-ethyl adjacent to an activating group) is 1. The van der Waals surface area contributed by atoms with E-state index in [1.54, 1.807) is 27.8 Å². The van der Waals surface area contributed by atoms with Crippen molar-refractivity contribution in [3.05, 3.63) is 0 Å². The molecule has 2 aliphatic rings. The van der Waals surface area contributed by atoms with Crippen molar-refractivity contribution in [2.75, 3.05) is 20.1 Å². The highest BCUT2D eigenvalue weighted by molar-refractivity contribution is 5.96. The standard InChI is InChI=1S/C16H27N3O6/c1-9(20)11(12(21)22)17-10-6-16(8-18(5)13(16)23)19(7-10)14(24)25-15(2,3)4/h9-11,17,20H,6-8H2,1-5H3,(H,21,22)/t9-,10?,11+,16?/m1/s1. The predicted octanol–water partition coefficient (Wildman–Crippen LogP) is -0.370. The van der Waals surface area contributed by atoms with Gasteiger partial charge in [-0.2, -0.15) is 0 Å². The van der Waals surface area contributed by atoms with Gasteiger partial charge in [0.05, 0.1) is 12.6 Å². The molecule has 0 bridgehead atoms. The number of β-lactam (4-membered cyclic amide) rings is 1. The van der Waals surface area contributed by atoms with Crippen LogP contribution in [0, 0.1) is 0 Å². The van der Waals surface area contributed by atoms with Crippen molar-refractivity contribution in [3.63, 3.8) is 0 Å². The highest BCUT2D eigenvalue weighted by atomic mass is 16.6. The molecular weight excluding hydrogens is 330 g/mol. The van der Waals surface area contributed by atoms with Crippen LogP contribution >= 0.6 is 0 Å². The summed E-state index contributed by atoms with van der Waals surface area (Å²) < 4.78 is 5.41. The first-order valence-corrected chi connectivity index (χ1v) is 8.30. The number of rotatable bonds is 4. The molecule has 2 amide bonds. The normalized spacial score (nSPS) is 28.7. The fourth-order valence-electron chi connectivity index (χ4n) is 3.47. The second-order valence-corrected chi connectivity index (χ2v) is 7.91. The lowest BCUT2D eigenvalue weighted by atomic mass is 9.85. The highest BCUT2D eigenvalue weighted by Crippen LogP contribution is 2.39. The summed E-state index contributed by atoms with van der Waals surface area (Å²) in [6.07, 6.45) is -1.42. The molecule has 0 aliphatic carbocycles. The van der Waals surface area contributed by atoms with E-state index in [0.29, 0.717) is 6.54 Å². The van der Waals surface area contributed by atoms with Crippen LogP contribution in [0.1, 0.15) is 34.1 Å². The van der Waals surface area contributed by atoms with Gasteiger partial charge in [0.25, 0.3) is 0 Å². The molecule has 9 nitrogen and oxygen atoms in total. The lowest BCUT2D eigenvalue weighted by Crippen LogP contribution is -2.71. The molecule has 2 unspecified atom stereocenters. The van der Waals surface area contributed by atoms with E-state index < -0.39 is 41.4 Å². The van der Waals surface area contributed by atoms with E-state index in [0.717, 1.165) is 0 Å². The molecule has 2 rings (SSSR count). The van der Waals surface area contributed by atoms with Gasteiger partial charge in [0.1, 0.15) is 17.2 Å². The Morgan fingerprint density at radius 2 is 2.00 bits per heavy atom. The maximum atomic E-state index is 12.6. The predicted molar refractivity (Wildman–Crippen MR) is 88.0 cm³/mol. The number of ether oxygens (including phenoxy) is 1. The van der Waals surface area contributed by atoms with Crippen LogP contribution in [0.15, 0.2) is 0 Å². The zero-order valence-corrected chi connectivity index (χ0v) is 15.3. The van der Waals surface area contributed by atoms with Gasteiger partial charge < -0.3 is 19.8 Å². The van der Waals surface area contributed by atoms with Crippen molar-refractivity contribution in [1.29, 1.82) is 0 Å². The number of carboxylic acids is 1. The van der Waals surface area contributed by atoms with E-state index in [-0.39, 0.29) is 18.9 Å². The number of amides is 2. The molecule has 2 saturated heterocycles. The van der Waals surface area contributed by atoms with Crippen LogP contribution in [0.3, 0.4) is 0 Å². The fourth-order valence-corrected chi connectivity index (χ4v) is 3.47. The van der Waals surface area contributed by atoms with Gasteiger partial charge in [-0.25, -0.2) is 4.79 Å². The summed E-state index contributed by atoms with van der Waals surface area (Å²) >= 11 is 0. The van der Waals surface area contributed by atoms with E-state index >= 15 is 0 Å². The van der Waals surface area contributed by atoms with Crippen molar-refractivity contribution < 1.29 is 29.3 Å². The average molecular weight is 357 g/mol. The number of carbonyl (C=O) groups excluding carboxylic acids is 2. The van der Waals surface area contributed by atoms with Crippen LogP contribution in [0.4, 0.5) is 4.79 Å². The summed E-state index contributed by atoms with van der Waals surface area (Å²) in [4.78, 5) is 39.2. The van der Waals surface area contributed by atoms with Gasteiger partial charge >= 0.3 is 12.1 Å². The summed E-state index contributed by atoms with van der Waals surface area (Å²) in [7, 11) is 1.65. The summed E-state index contributed by atoms with van der Waals surface area (Å²) in [5.74, 6) is -1.37. The maximum absolute atomic E-state index is 12.6. The van der Waals surface area contributed by atoms with Crippen molar-refractivity contribution >= 4 is 18.0 Å². The molecule has 2 heterocycles.